The quantitative estimate of drug-likeness (QED) is 0.454. The molecule has 1 amide bonds. The highest BCUT2D eigenvalue weighted by Crippen LogP contribution is 2.12. The van der Waals surface area contributed by atoms with Crippen LogP contribution in [0.15, 0.2) is 4.99 Å². The van der Waals surface area contributed by atoms with E-state index in [0.29, 0.717) is 12.0 Å². The molecule has 2 fully saturated rings. The molecule has 0 bridgehead atoms. The molecule has 0 aromatic rings. The molecule has 2 saturated heterocycles. The summed E-state index contributed by atoms with van der Waals surface area (Å²) < 4.78 is 10.6. The van der Waals surface area contributed by atoms with Crippen molar-refractivity contribution in [3.63, 3.8) is 0 Å². The zero-order valence-electron chi connectivity index (χ0n) is 16.5. The van der Waals surface area contributed by atoms with Crippen LogP contribution in [0.3, 0.4) is 0 Å². The van der Waals surface area contributed by atoms with Crippen LogP contribution >= 0.6 is 0 Å². The van der Waals surface area contributed by atoms with Gasteiger partial charge in [-0.3, -0.25) is 4.79 Å². The Balaban J connectivity index is 1.82. The number of likely N-dealkylation sites (N-methyl/N-ethyl adjacent to an activating group) is 1. The summed E-state index contributed by atoms with van der Waals surface area (Å²) in [5.41, 5.74) is 0. The van der Waals surface area contributed by atoms with E-state index in [4.69, 9.17) is 9.47 Å². The Labute approximate surface area is 157 Å². The Hall–Kier alpha value is -1.38. The van der Waals surface area contributed by atoms with Crippen LogP contribution in [0.5, 0.6) is 0 Å². The highest BCUT2D eigenvalue weighted by molar-refractivity contribution is 5.84. The van der Waals surface area contributed by atoms with Crippen molar-refractivity contribution in [1.82, 2.24) is 20.4 Å². The van der Waals surface area contributed by atoms with E-state index in [0.717, 1.165) is 71.2 Å². The van der Waals surface area contributed by atoms with Gasteiger partial charge in [-0.25, -0.2) is 4.99 Å². The highest BCUT2D eigenvalue weighted by atomic mass is 16.5. The highest BCUT2D eigenvalue weighted by Gasteiger charge is 2.21. The number of nitrogens with one attached hydrogen (secondary N) is 2. The molecule has 1 unspecified atom stereocenters. The van der Waals surface area contributed by atoms with Crippen LogP contribution in [-0.2, 0) is 14.3 Å². The maximum absolute atomic E-state index is 11.9. The third kappa shape index (κ3) is 7.47. The number of nitrogens with zero attached hydrogens (tertiary/aromatic N) is 3. The van der Waals surface area contributed by atoms with Crippen LogP contribution < -0.4 is 10.6 Å². The standard InChI is InChI=1S/C18H35N5O3/c1-22(2)17(24)13-20-18(19-12-15-6-10-26-14-15)21-16-4-7-23(8-5-16)9-11-25-3/h15-16H,4-14H2,1-3H3,(H2,19,20,21). The van der Waals surface area contributed by atoms with Gasteiger partial charge in [0.25, 0.3) is 0 Å². The van der Waals surface area contributed by atoms with Crippen LogP contribution in [0.1, 0.15) is 19.3 Å². The maximum Gasteiger partial charge on any atom is 0.243 e. The zero-order chi connectivity index (χ0) is 18.8. The fraction of sp³-hybridized carbons (Fsp3) is 0.889. The van der Waals surface area contributed by atoms with Gasteiger partial charge in [0.2, 0.25) is 5.91 Å². The molecule has 0 radical (unpaired) electrons. The van der Waals surface area contributed by atoms with Gasteiger partial charge >= 0.3 is 0 Å². The summed E-state index contributed by atoms with van der Waals surface area (Å²) in [5.74, 6) is 1.26. The third-order valence-electron chi connectivity index (χ3n) is 4.99. The number of carbonyl (C=O) groups is 1. The number of piperidine rings is 1. The molecule has 1 atom stereocenters. The van der Waals surface area contributed by atoms with Gasteiger partial charge < -0.3 is 29.9 Å². The molecule has 0 aromatic carbocycles. The molecule has 8 heteroatoms. The van der Waals surface area contributed by atoms with Gasteiger partial charge in [-0.05, 0) is 19.3 Å². The zero-order valence-corrected chi connectivity index (χ0v) is 16.5. The van der Waals surface area contributed by atoms with Gasteiger partial charge in [-0.1, -0.05) is 0 Å². The lowest BCUT2D eigenvalue weighted by atomic mass is 10.1. The first-order valence-electron chi connectivity index (χ1n) is 9.62. The largest absolute Gasteiger partial charge is 0.383 e. The Morgan fingerprint density at radius 3 is 2.69 bits per heavy atom. The Morgan fingerprint density at radius 1 is 1.31 bits per heavy atom. The molecule has 8 nitrogen and oxygen atoms in total. The normalized spacial score (nSPS) is 22.4. The van der Waals surface area contributed by atoms with E-state index in [1.165, 1.54) is 0 Å². The van der Waals surface area contributed by atoms with Crippen LogP contribution in [-0.4, -0.2) is 101 Å². The van der Waals surface area contributed by atoms with Gasteiger partial charge in [0.05, 0.1) is 13.2 Å². The average molecular weight is 370 g/mol. The fourth-order valence-corrected chi connectivity index (χ4v) is 3.14. The van der Waals surface area contributed by atoms with Gasteiger partial charge in [-0.15, -0.1) is 0 Å². The minimum atomic E-state index is 0.00434. The van der Waals surface area contributed by atoms with Crippen LogP contribution in [0.2, 0.25) is 0 Å². The summed E-state index contributed by atoms with van der Waals surface area (Å²) in [6.45, 7) is 6.51. The van der Waals surface area contributed by atoms with Crippen molar-refractivity contribution in [2.75, 3.05) is 73.7 Å². The minimum Gasteiger partial charge on any atom is -0.383 e. The number of amides is 1. The molecule has 0 aromatic heterocycles. The first-order valence-corrected chi connectivity index (χ1v) is 9.62. The van der Waals surface area contributed by atoms with E-state index in [-0.39, 0.29) is 12.5 Å². The van der Waals surface area contributed by atoms with Crippen molar-refractivity contribution in [1.29, 1.82) is 0 Å². The Morgan fingerprint density at radius 2 is 2.08 bits per heavy atom. The number of aliphatic imine (C=N–C) groups is 1. The van der Waals surface area contributed by atoms with Gasteiger partial charge in [0.15, 0.2) is 5.96 Å². The molecule has 2 rings (SSSR count). The molecule has 2 N–H and O–H groups in total. The topological polar surface area (TPSA) is 78.4 Å². The molecule has 0 aliphatic carbocycles. The van der Waals surface area contributed by atoms with Crippen LogP contribution in [0.25, 0.3) is 0 Å². The van der Waals surface area contributed by atoms with E-state index in [1.807, 2.05) is 0 Å². The van der Waals surface area contributed by atoms with E-state index in [2.05, 4.69) is 20.5 Å². The van der Waals surface area contributed by atoms with Crippen molar-refractivity contribution in [3.05, 3.63) is 0 Å². The predicted octanol–water partition coefficient (Wildman–Crippen LogP) is -0.243. The lowest BCUT2D eigenvalue weighted by Crippen LogP contribution is -2.50. The second-order valence-electron chi connectivity index (χ2n) is 7.32. The molecular weight excluding hydrogens is 334 g/mol. The number of guanidine groups is 1. The summed E-state index contributed by atoms with van der Waals surface area (Å²) >= 11 is 0. The summed E-state index contributed by atoms with van der Waals surface area (Å²) in [6, 6.07) is 0.384. The number of hydrogen-bond donors (Lipinski definition) is 2. The van der Waals surface area contributed by atoms with E-state index >= 15 is 0 Å². The monoisotopic (exact) mass is 369 g/mol. The van der Waals surface area contributed by atoms with Crippen molar-refractivity contribution in [2.45, 2.75) is 25.3 Å². The summed E-state index contributed by atoms with van der Waals surface area (Å²) in [6.07, 6.45) is 3.21. The number of rotatable bonds is 8. The van der Waals surface area contributed by atoms with Crippen LogP contribution in [0.4, 0.5) is 0 Å². The molecule has 0 spiro atoms. The van der Waals surface area contributed by atoms with Gasteiger partial charge in [0.1, 0.15) is 6.54 Å². The maximum atomic E-state index is 11.9. The number of likely N-dealkylation sites (tertiary alicyclic amines) is 1. The van der Waals surface area contributed by atoms with Crippen molar-refractivity contribution in [2.24, 2.45) is 10.9 Å². The van der Waals surface area contributed by atoms with E-state index in [9.17, 15) is 4.79 Å². The minimum absolute atomic E-state index is 0.00434. The fourth-order valence-electron chi connectivity index (χ4n) is 3.14. The van der Waals surface area contributed by atoms with E-state index < -0.39 is 0 Å². The summed E-state index contributed by atoms with van der Waals surface area (Å²) in [4.78, 5) is 20.4. The molecule has 2 heterocycles. The Kier molecular flexibility index (Phi) is 9.14. The van der Waals surface area contributed by atoms with Crippen molar-refractivity contribution in [3.8, 4) is 0 Å². The van der Waals surface area contributed by atoms with E-state index in [1.54, 1.807) is 26.1 Å². The first kappa shape index (κ1) is 20.9. The molecule has 2 aliphatic heterocycles. The summed E-state index contributed by atoms with van der Waals surface area (Å²) in [7, 11) is 5.25. The second kappa shape index (κ2) is 11.4. The summed E-state index contributed by atoms with van der Waals surface area (Å²) in [5, 5.41) is 6.92. The third-order valence-corrected chi connectivity index (χ3v) is 4.99. The van der Waals surface area contributed by atoms with Crippen LogP contribution in [0, 0.1) is 5.92 Å². The second-order valence-corrected chi connectivity index (χ2v) is 7.32. The van der Waals surface area contributed by atoms with Crippen molar-refractivity contribution < 1.29 is 14.3 Å². The lowest BCUT2D eigenvalue weighted by molar-refractivity contribution is -0.127. The molecule has 0 saturated carbocycles. The molecular formula is C18H35N5O3. The van der Waals surface area contributed by atoms with Gasteiger partial charge in [-0.2, -0.15) is 0 Å². The van der Waals surface area contributed by atoms with Gasteiger partial charge in [0, 0.05) is 66.0 Å². The predicted molar refractivity (Wildman–Crippen MR) is 102 cm³/mol. The SMILES string of the molecule is COCCN1CCC(NC(=NCC(=O)N(C)C)NCC2CCOC2)CC1. The number of carbonyl (C=O) groups excluding carboxylic acids is 1. The number of hydrogen-bond acceptors (Lipinski definition) is 5. The lowest BCUT2D eigenvalue weighted by Gasteiger charge is -2.33. The first-order chi connectivity index (χ1) is 12.6. The average Bonchev–Trinajstić information content (AvgIpc) is 3.16. The molecule has 26 heavy (non-hydrogen) atoms. The molecule has 2 aliphatic rings. The molecule has 150 valence electrons. The number of ether oxygens (including phenoxy) is 2. The number of methoxy groups -OCH3 is 1. The Bertz CT molecular complexity index is 444. The van der Waals surface area contributed by atoms with Crippen molar-refractivity contribution >= 4 is 11.9 Å². The smallest absolute Gasteiger partial charge is 0.243 e.